The molecule has 13 heteroatoms. The molecule has 8 nitrogen and oxygen atoms in total. The van der Waals surface area contributed by atoms with Crippen LogP contribution in [-0.2, 0) is 27.3 Å². The van der Waals surface area contributed by atoms with Crippen LogP contribution in [0.5, 0.6) is 5.88 Å². The number of aryl methyl sites for hydroxylation is 1. The molecule has 22 heavy (non-hydrogen) atoms. The molecule has 0 saturated heterocycles. The minimum atomic E-state index is -5.58. The Kier molecular flexibility index (Phi) is 7.31. The van der Waals surface area contributed by atoms with E-state index in [0.717, 1.165) is 17.2 Å². The van der Waals surface area contributed by atoms with Gasteiger partial charge in [-0.1, -0.05) is 13.3 Å². The molecule has 0 aromatic carbocycles. The highest BCUT2D eigenvalue weighted by atomic mass is 32.2. The van der Waals surface area contributed by atoms with E-state index in [2.05, 4.69) is 9.17 Å². The SMILES string of the molecule is CCCCS(=O)(=O)[O-].C[n+]1c[nH]cc1OS(=O)(=O)C(F)(F)F. The Bertz CT molecular complexity index is 666. The van der Waals surface area contributed by atoms with Crippen LogP contribution in [-0.4, -0.2) is 37.6 Å². The molecule has 0 aliphatic carbocycles. The zero-order valence-corrected chi connectivity index (χ0v) is 13.3. The van der Waals surface area contributed by atoms with Gasteiger partial charge in [-0.15, -0.1) is 0 Å². The van der Waals surface area contributed by atoms with Crippen molar-refractivity contribution in [1.82, 2.24) is 4.98 Å². The van der Waals surface area contributed by atoms with E-state index in [0.29, 0.717) is 6.42 Å². The molecule has 0 saturated carbocycles. The van der Waals surface area contributed by atoms with Crippen LogP contribution < -0.4 is 8.75 Å². The minimum absolute atomic E-state index is 0.219. The van der Waals surface area contributed by atoms with Crippen LogP contribution in [0, 0.1) is 0 Å². The predicted octanol–water partition coefficient (Wildman–Crippen LogP) is 0.399. The highest BCUT2D eigenvalue weighted by Crippen LogP contribution is 2.25. The monoisotopic (exact) mass is 368 g/mol. The van der Waals surface area contributed by atoms with Gasteiger partial charge in [0.15, 0.2) is 6.20 Å². The zero-order valence-electron chi connectivity index (χ0n) is 11.6. The molecule has 0 aliphatic rings. The number of alkyl halides is 3. The number of unbranched alkanes of at least 4 members (excludes halogenated alkanes) is 1. The standard InChI is InChI=1S/C5H5F3N2O3S.C4H10O3S/c1-10-3-9-2-4(10)13-14(11,12)5(6,7)8;1-2-3-4-8(5,6)7/h2-3H,1H3;2-4H2,1H3,(H,5,6,7). The summed E-state index contributed by atoms with van der Waals surface area (Å²) in [5.74, 6) is -0.661. The lowest BCUT2D eigenvalue weighted by Gasteiger charge is -2.06. The van der Waals surface area contributed by atoms with Gasteiger partial charge in [0.1, 0.15) is 0 Å². The van der Waals surface area contributed by atoms with E-state index < -0.39 is 31.6 Å². The number of nitrogens with one attached hydrogen (secondary N) is 1. The van der Waals surface area contributed by atoms with Gasteiger partial charge in [-0.2, -0.15) is 21.6 Å². The Morgan fingerprint density at radius 2 is 1.86 bits per heavy atom. The second-order valence-corrected chi connectivity index (χ2v) is 7.05. The third kappa shape index (κ3) is 7.61. The van der Waals surface area contributed by atoms with Crippen molar-refractivity contribution in [3.05, 3.63) is 12.5 Å². The van der Waals surface area contributed by atoms with Crippen molar-refractivity contribution in [2.45, 2.75) is 25.3 Å². The van der Waals surface area contributed by atoms with Gasteiger partial charge < -0.3 is 8.74 Å². The third-order valence-electron chi connectivity index (χ3n) is 2.05. The predicted molar refractivity (Wildman–Crippen MR) is 67.0 cm³/mol. The summed E-state index contributed by atoms with van der Waals surface area (Å²) in [6, 6.07) is 0. The number of halogens is 3. The van der Waals surface area contributed by atoms with Crippen molar-refractivity contribution in [2.24, 2.45) is 7.05 Å². The average molecular weight is 368 g/mol. The summed E-state index contributed by atoms with van der Waals surface area (Å²) in [5, 5.41) is 0. The van der Waals surface area contributed by atoms with Crippen molar-refractivity contribution in [3.63, 3.8) is 0 Å². The van der Waals surface area contributed by atoms with Crippen molar-refractivity contribution in [3.8, 4) is 5.88 Å². The second kappa shape index (κ2) is 7.78. The molecule has 0 atom stereocenters. The lowest BCUT2D eigenvalue weighted by atomic mass is 10.4. The van der Waals surface area contributed by atoms with Crippen LogP contribution in [0.2, 0.25) is 0 Å². The number of nitrogens with zero attached hydrogens (tertiary/aromatic N) is 1. The topological polar surface area (TPSA) is 120 Å². The van der Waals surface area contributed by atoms with E-state index in [9.17, 15) is 34.6 Å². The third-order valence-corrected chi connectivity index (χ3v) is 3.79. The van der Waals surface area contributed by atoms with Crippen LogP contribution in [0.3, 0.4) is 0 Å². The smallest absolute Gasteiger partial charge is 0.534 e. The molecule has 0 amide bonds. The van der Waals surface area contributed by atoms with Crippen molar-refractivity contribution in [1.29, 1.82) is 0 Å². The van der Waals surface area contributed by atoms with Gasteiger partial charge >= 0.3 is 21.5 Å². The summed E-state index contributed by atoms with van der Waals surface area (Å²) < 4.78 is 90.8. The molecule has 0 aliphatic heterocycles. The summed E-state index contributed by atoms with van der Waals surface area (Å²) in [4.78, 5) is 2.38. The lowest BCUT2D eigenvalue weighted by molar-refractivity contribution is -0.673. The Balaban J connectivity index is 0.000000472. The largest absolute Gasteiger partial charge is 0.748 e. The van der Waals surface area contributed by atoms with E-state index in [4.69, 9.17) is 0 Å². The van der Waals surface area contributed by atoms with Gasteiger partial charge in [0, 0.05) is 5.75 Å². The molecule has 0 radical (unpaired) electrons. The summed E-state index contributed by atoms with van der Waals surface area (Å²) in [6.45, 7) is 1.84. The molecule has 1 aromatic rings. The number of aromatic nitrogens is 2. The number of imidazole rings is 1. The zero-order chi connectivity index (χ0) is 17.6. The van der Waals surface area contributed by atoms with Crippen LogP contribution in [0.4, 0.5) is 13.2 Å². The minimum Gasteiger partial charge on any atom is -0.748 e. The Morgan fingerprint density at radius 1 is 1.32 bits per heavy atom. The van der Waals surface area contributed by atoms with Crippen molar-refractivity contribution in [2.75, 3.05) is 5.75 Å². The number of aromatic amines is 1. The fourth-order valence-corrected chi connectivity index (χ4v) is 2.08. The first-order chi connectivity index (χ1) is 9.80. The molecular formula is C9H15F3N2O6S2. The summed E-state index contributed by atoms with van der Waals surface area (Å²) in [5.41, 5.74) is -5.42. The highest BCUT2D eigenvalue weighted by molar-refractivity contribution is 7.88. The summed E-state index contributed by atoms with van der Waals surface area (Å²) in [7, 11) is -8.19. The molecule has 1 rings (SSSR count). The van der Waals surface area contributed by atoms with Gasteiger partial charge in [0.05, 0.1) is 17.2 Å². The van der Waals surface area contributed by atoms with Crippen molar-refractivity contribution >= 4 is 20.2 Å². The molecule has 130 valence electrons. The van der Waals surface area contributed by atoms with Crippen molar-refractivity contribution < 1.29 is 43.3 Å². The Labute approximate surface area is 125 Å². The molecule has 0 unspecified atom stereocenters. The van der Waals surface area contributed by atoms with E-state index in [1.54, 1.807) is 0 Å². The molecule has 0 fully saturated rings. The van der Waals surface area contributed by atoms with Crippen LogP contribution in [0.1, 0.15) is 19.8 Å². The first kappa shape index (κ1) is 20.7. The second-order valence-electron chi connectivity index (χ2n) is 3.99. The van der Waals surface area contributed by atoms with Crippen LogP contribution >= 0.6 is 0 Å². The molecule has 1 N–H and O–H groups in total. The normalized spacial score (nSPS) is 12.5. The Hall–Kier alpha value is -1.34. The lowest BCUT2D eigenvalue weighted by Crippen LogP contribution is -2.34. The maximum absolute atomic E-state index is 11.8. The highest BCUT2D eigenvalue weighted by Gasteiger charge is 2.49. The van der Waals surface area contributed by atoms with Gasteiger partial charge in [0.2, 0.25) is 6.33 Å². The van der Waals surface area contributed by atoms with E-state index >= 15 is 0 Å². The van der Waals surface area contributed by atoms with Gasteiger partial charge in [-0.3, -0.25) is 0 Å². The fraction of sp³-hybridized carbons (Fsp3) is 0.667. The van der Waals surface area contributed by atoms with E-state index in [1.807, 2.05) is 6.92 Å². The number of rotatable bonds is 5. The molecule has 0 spiro atoms. The molecule has 1 aromatic heterocycles. The van der Waals surface area contributed by atoms with Crippen LogP contribution in [0.25, 0.3) is 0 Å². The first-order valence-corrected chi connectivity index (χ1v) is 8.75. The maximum atomic E-state index is 11.8. The van der Waals surface area contributed by atoms with Gasteiger partial charge in [0.25, 0.3) is 0 Å². The maximum Gasteiger partial charge on any atom is 0.534 e. The fourth-order valence-electron chi connectivity index (χ4n) is 0.949. The number of hydrogen-bond acceptors (Lipinski definition) is 6. The van der Waals surface area contributed by atoms with Gasteiger partial charge in [-0.05, 0) is 6.42 Å². The number of H-pyrrole nitrogens is 1. The number of hydrogen-bond donors (Lipinski definition) is 1. The molecule has 1 heterocycles. The Morgan fingerprint density at radius 3 is 2.14 bits per heavy atom. The van der Waals surface area contributed by atoms with E-state index in [-0.39, 0.29) is 5.75 Å². The quantitative estimate of drug-likeness (QED) is 0.348. The van der Waals surface area contributed by atoms with E-state index in [1.165, 1.54) is 13.4 Å². The molecular weight excluding hydrogens is 353 g/mol. The van der Waals surface area contributed by atoms with Gasteiger partial charge in [-0.25, -0.2) is 18.0 Å². The first-order valence-electron chi connectivity index (χ1n) is 5.77. The molecule has 0 bridgehead atoms. The van der Waals surface area contributed by atoms with Crippen LogP contribution in [0.15, 0.2) is 12.5 Å². The summed E-state index contributed by atoms with van der Waals surface area (Å²) >= 11 is 0. The summed E-state index contributed by atoms with van der Waals surface area (Å²) in [6.07, 6.45) is 3.46. The average Bonchev–Trinajstić information content (AvgIpc) is 2.70.